The third-order valence-electron chi connectivity index (χ3n) is 4.38. The summed E-state index contributed by atoms with van der Waals surface area (Å²) in [6.45, 7) is 8.92. The van der Waals surface area contributed by atoms with Crippen molar-refractivity contribution in [1.29, 1.82) is 0 Å². The van der Waals surface area contributed by atoms with Crippen molar-refractivity contribution >= 4 is 28.2 Å². The quantitative estimate of drug-likeness (QED) is 0.699. The second-order valence-corrected chi connectivity index (χ2v) is 7.66. The van der Waals surface area contributed by atoms with Gasteiger partial charge in [0, 0.05) is 29.7 Å². The molecule has 0 atom stereocenters. The third-order valence-corrected chi connectivity index (χ3v) is 5.58. The van der Waals surface area contributed by atoms with Crippen molar-refractivity contribution in [2.45, 2.75) is 40.7 Å². The van der Waals surface area contributed by atoms with Crippen molar-refractivity contribution in [2.75, 3.05) is 25.5 Å². The molecule has 0 aliphatic rings. The predicted molar refractivity (Wildman–Crippen MR) is 107 cm³/mol. The average Bonchev–Trinajstić information content (AvgIpc) is 3.11. The molecule has 0 aliphatic heterocycles. The van der Waals surface area contributed by atoms with Gasteiger partial charge in [0.05, 0.1) is 24.4 Å². The molecule has 2 aromatic heterocycles. The Labute approximate surface area is 164 Å². The van der Waals surface area contributed by atoms with Crippen molar-refractivity contribution in [3.8, 4) is 0 Å². The van der Waals surface area contributed by atoms with E-state index in [2.05, 4.69) is 10.4 Å². The summed E-state index contributed by atoms with van der Waals surface area (Å²) in [6, 6.07) is 1.80. The molecule has 0 spiro atoms. The molecule has 7 nitrogen and oxygen atoms in total. The number of nitrogens with one attached hydrogen (secondary N) is 1. The van der Waals surface area contributed by atoms with Crippen molar-refractivity contribution in [1.82, 2.24) is 14.7 Å². The summed E-state index contributed by atoms with van der Waals surface area (Å²) in [5, 5.41) is 7.84. The number of anilines is 1. The zero-order valence-electron chi connectivity index (χ0n) is 16.9. The lowest BCUT2D eigenvalue weighted by molar-refractivity contribution is -0.117. The Hall–Kier alpha value is -2.19. The first kappa shape index (κ1) is 21.1. The summed E-state index contributed by atoms with van der Waals surface area (Å²) in [5.41, 5.74) is 3.62. The number of hydrogen-bond donors (Lipinski definition) is 1. The molecule has 27 heavy (non-hydrogen) atoms. The summed E-state index contributed by atoms with van der Waals surface area (Å²) in [7, 11) is 3.81. The van der Waals surface area contributed by atoms with Crippen LogP contribution in [0.1, 0.15) is 46.0 Å². The number of hydrogen-bond acceptors (Lipinski definition) is 6. The average molecular weight is 393 g/mol. The zero-order chi connectivity index (χ0) is 20.1. The number of esters is 1. The van der Waals surface area contributed by atoms with Gasteiger partial charge in [0.25, 0.3) is 0 Å². The van der Waals surface area contributed by atoms with Gasteiger partial charge in [0.2, 0.25) is 5.91 Å². The molecule has 2 aromatic rings. The molecule has 2 rings (SSSR count). The Bertz CT molecular complexity index is 825. The summed E-state index contributed by atoms with van der Waals surface area (Å²) in [5.74, 6) is -0.564. The third kappa shape index (κ3) is 5.17. The number of carbonyl (C=O) groups excluding carboxylic acids is 2. The van der Waals surface area contributed by atoms with Gasteiger partial charge in [-0.3, -0.25) is 14.4 Å². The van der Waals surface area contributed by atoms with Crippen molar-refractivity contribution in [3.63, 3.8) is 0 Å². The van der Waals surface area contributed by atoms with Crippen LogP contribution in [-0.4, -0.2) is 46.8 Å². The summed E-state index contributed by atoms with van der Waals surface area (Å²) >= 11 is 1.42. The minimum Gasteiger partial charge on any atom is -0.462 e. The maximum absolute atomic E-state index is 12.5. The van der Waals surface area contributed by atoms with Crippen LogP contribution in [0.4, 0.5) is 5.00 Å². The fourth-order valence-electron chi connectivity index (χ4n) is 2.85. The van der Waals surface area contributed by atoms with Gasteiger partial charge in [0.15, 0.2) is 0 Å². The van der Waals surface area contributed by atoms with Crippen LogP contribution < -0.4 is 5.32 Å². The van der Waals surface area contributed by atoms with Crippen LogP contribution in [0.2, 0.25) is 0 Å². The van der Waals surface area contributed by atoms with Crippen LogP contribution >= 0.6 is 11.3 Å². The second-order valence-electron chi connectivity index (χ2n) is 6.52. The molecule has 8 heteroatoms. The predicted octanol–water partition coefficient (Wildman–Crippen LogP) is 2.91. The first-order valence-corrected chi connectivity index (χ1v) is 9.85. The van der Waals surface area contributed by atoms with E-state index < -0.39 is 5.97 Å². The van der Waals surface area contributed by atoms with E-state index in [-0.39, 0.29) is 12.5 Å². The fraction of sp³-hybridized carbons (Fsp3) is 0.526. The highest BCUT2D eigenvalue weighted by Crippen LogP contribution is 2.29. The van der Waals surface area contributed by atoms with E-state index in [4.69, 9.17) is 4.74 Å². The van der Waals surface area contributed by atoms with Gasteiger partial charge in [-0.05, 0) is 40.3 Å². The maximum atomic E-state index is 12.5. The highest BCUT2D eigenvalue weighted by atomic mass is 32.1. The topological polar surface area (TPSA) is 76.5 Å². The van der Waals surface area contributed by atoms with Gasteiger partial charge in [0.1, 0.15) is 5.00 Å². The molecule has 1 amide bonds. The summed E-state index contributed by atoms with van der Waals surface area (Å²) in [6.07, 6.45) is 0.798. The van der Waals surface area contributed by atoms with Crippen LogP contribution in [0, 0.1) is 13.8 Å². The Morgan fingerprint density at radius 3 is 2.59 bits per heavy atom. The van der Waals surface area contributed by atoms with Crippen LogP contribution in [0.3, 0.4) is 0 Å². The zero-order valence-corrected chi connectivity index (χ0v) is 17.7. The van der Waals surface area contributed by atoms with Gasteiger partial charge in [-0.25, -0.2) is 4.79 Å². The SMILES string of the molecule is CCOC(=O)c1cc(CC)sc1NC(=O)CN(C)Cc1c(C)nn(C)c1C. The number of rotatable bonds is 8. The van der Waals surface area contributed by atoms with Crippen LogP contribution in [0.15, 0.2) is 6.07 Å². The molecule has 0 unspecified atom stereocenters. The number of nitrogens with zero attached hydrogens (tertiary/aromatic N) is 3. The van der Waals surface area contributed by atoms with Crippen LogP contribution in [0.25, 0.3) is 0 Å². The Balaban J connectivity index is 2.04. The van der Waals surface area contributed by atoms with E-state index in [9.17, 15) is 9.59 Å². The van der Waals surface area contributed by atoms with Gasteiger partial charge < -0.3 is 10.1 Å². The van der Waals surface area contributed by atoms with Crippen molar-refractivity contribution in [3.05, 3.63) is 33.5 Å². The molecule has 0 aliphatic carbocycles. The fourth-order valence-corrected chi connectivity index (χ4v) is 3.85. The van der Waals surface area contributed by atoms with E-state index in [1.807, 2.05) is 44.4 Å². The number of amides is 1. The minimum absolute atomic E-state index is 0.160. The van der Waals surface area contributed by atoms with Gasteiger partial charge >= 0.3 is 5.97 Å². The Morgan fingerprint density at radius 2 is 2.04 bits per heavy atom. The van der Waals surface area contributed by atoms with E-state index in [1.54, 1.807) is 13.0 Å². The standard InChI is InChI=1S/C19H28N4O3S/c1-7-14-9-15(19(25)26-8-2)18(27-14)20-17(24)11-22(5)10-16-12(3)21-23(6)13(16)4/h9H,7-8,10-11H2,1-6H3,(H,20,24). The number of thiophene rings is 1. The lowest BCUT2D eigenvalue weighted by Crippen LogP contribution is -2.30. The number of aromatic nitrogens is 2. The smallest absolute Gasteiger partial charge is 0.341 e. The number of ether oxygens (including phenoxy) is 1. The summed E-state index contributed by atoms with van der Waals surface area (Å²) < 4.78 is 6.94. The van der Waals surface area contributed by atoms with Crippen LogP contribution in [0.5, 0.6) is 0 Å². The molecule has 1 N–H and O–H groups in total. The number of aryl methyl sites for hydroxylation is 3. The molecule has 0 saturated carbocycles. The van der Waals surface area contributed by atoms with E-state index in [0.29, 0.717) is 23.7 Å². The molecule has 0 radical (unpaired) electrons. The van der Waals surface area contributed by atoms with E-state index >= 15 is 0 Å². The van der Waals surface area contributed by atoms with E-state index in [1.165, 1.54) is 11.3 Å². The Morgan fingerprint density at radius 1 is 1.33 bits per heavy atom. The largest absolute Gasteiger partial charge is 0.462 e. The first-order chi connectivity index (χ1) is 12.8. The van der Waals surface area contributed by atoms with E-state index in [0.717, 1.165) is 28.2 Å². The van der Waals surface area contributed by atoms with Gasteiger partial charge in [-0.2, -0.15) is 5.10 Å². The minimum atomic E-state index is -0.404. The molecule has 2 heterocycles. The molecular formula is C19H28N4O3S. The molecular weight excluding hydrogens is 364 g/mol. The van der Waals surface area contributed by atoms with Gasteiger partial charge in [-0.1, -0.05) is 6.92 Å². The Kier molecular flexibility index (Phi) is 7.15. The number of carbonyl (C=O) groups is 2. The maximum Gasteiger partial charge on any atom is 0.341 e. The van der Waals surface area contributed by atoms with Gasteiger partial charge in [-0.15, -0.1) is 11.3 Å². The monoisotopic (exact) mass is 392 g/mol. The van der Waals surface area contributed by atoms with Crippen molar-refractivity contribution < 1.29 is 14.3 Å². The highest BCUT2D eigenvalue weighted by Gasteiger charge is 2.20. The molecule has 0 aromatic carbocycles. The molecule has 0 fully saturated rings. The lowest BCUT2D eigenvalue weighted by Gasteiger charge is -2.16. The molecule has 148 valence electrons. The lowest BCUT2D eigenvalue weighted by atomic mass is 10.2. The first-order valence-electron chi connectivity index (χ1n) is 9.04. The number of likely N-dealkylation sites (N-methyl/N-ethyl adjacent to an activating group) is 1. The van der Waals surface area contributed by atoms with Crippen LogP contribution in [-0.2, 0) is 29.5 Å². The second kappa shape index (κ2) is 9.14. The van der Waals surface area contributed by atoms with Crippen molar-refractivity contribution in [2.24, 2.45) is 7.05 Å². The summed E-state index contributed by atoms with van der Waals surface area (Å²) in [4.78, 5) is 27.6. The normalized spacial score (nSPS) is 11.1. The molecule has 0 bridgehead atoms. The molecule has 0 saturated heterocycles. The highest BCUT2D eigenvalue weighted by molar-refractivity contribution is 7.16.